The molecule has 1 rings (SSSR count). The first kappa shape index (κ1) is 9.33. The lowest BCUT2D eigenvalue weighted by molar-refractivity contribution is 0.0435. The smallest absolute Gasteiger partial charge is 0.341 e. The van der Waals surface area contributed by atoms with Crippen molar-refractivity contribution in [3.63, 3.8) is 0 Å². The van der Waals surface area contributed by atoms with E-state index in [1.807, 2.05) is 6.07 Å². The van der Waals surface area contributed by atoms with Crippen LogP contribution in [0.4, 0.5) is 0 Å². The zero-order valence-electron chi connectivity index (χ0n) is 7.50. The van der Waals surface area contributed by atoms with Gasteiger partial charge < -0.3 is 9.72 Å². The quantitative estimate of drug-likeness (QED) is 0.696. The standard InChI is InChI=1S/C9H10N2O2/c1-6(5-10)13-9(12)8-3-4-11-7(8)2/h3-4,6,11H,1-2H3. The summed E-state index contributed by atoms with van der Waals surface area (Å²) in [4.78, 5) is 14.2. The van der Waals surface area contributed by atoms with Gasteiger partial charge in [0.2, 0.25) is 0 Å². The zero-order valence-corrected chi connectivity index (χ0v) is 7.50. The van der Waals surface area contributed by atoms with E-state index >= 15 is 0 Å². The number of rotatable bonds is 2. The van der Waals surface area contributed by atoms with Gasteiger partial charge in [-0.2, -0.15) is 5.26 Å². The molecule has 4 nitrogen and oxygen atoms in total. The van der Waals surface area contributed by atoms with Crippen molar-refractivity contribution in [3.8, 4) is 6.07 Å². The average Bonchev–Trinajstić information content (AvgIpc) is 2.51. The van der Waals surface area contributed by atoms with Gasteiger partial charge in [0.15, 0.2) is 6.10 Å². The second-order valence-electron chi connectivity index (χ2n) is 2.69. The summed E-state index contributed by atoms with van der Waals surface area (Å²) in [5.41, 5.74) is 1.22. The fourth-order valence-electron chi connectivity index (χ4n) is 0.924. The average molecular weight is 178 g/mol. The van der Waals surface area contributed by atoms with E-state index in [2.05, 4.69) is 4.98 Å². The highest BCUT2D eigenvalue weighted by Gasteiger charge is 2.13. The van der Waals surface area contributed by atoms with Crippen LogP contribution in [-0.2, 0) is 4.74 Å². The summed E-state index contributed by atoms with van der Waals surface area (Å²) in [5.74, 6) is -0.465. The Kier molecular flexibility index (Phi) is 2.70. The lowest BCUT2D eigenvalue weighted by Crippen LogP contribution is -2.13. The highest BCUT2D eigenvalue weighted by molar-refractivity contribution is 5.90. The van der Waals surface area contributed by atoms with Gasteiger partial charge in [-0.05, 0) is 19.9 Å². The number of H-pyrrole nitrogens is 1. The minimum absolute atomic E-state index is 0.465. The molecule has 0 aliphatic carbocycles. The number of nitrogens with zero attached hydrogens (tertiary/aromatic N) is 1. The van der Waals surface area contributed by atoms with Crippen molar-refractivity contribution in [2.24, 2.45) is 0 Å². The molecular formula is C9H10N2O2. The Bertz CT molecular complexity index is 349. The summed E-state index contributed by atoms with van der Waals surface area (Å²) in [6.07, 6.45) is 0.949. The number of carbonyl (C=O) groups is 1. The molecule has 0 fully saturated rings. The number of hydrogen-bond donors (Lipinski definition) is 1. The van der Waals surface area contributed by atoms with Crippen molar-refractivity contribution in [1.82, 2.24) is 4.98 Å². The molecule has 1 unspecified atom stereocenters. The fraction of sp³-hybridized carbons (Fsp3) is 0.333. The van der Waals surface area contributed by atoms with Crippen LogP contribution < -0.4 is 0 Å². The predicted molar refractivity (Wildman–Crippen MR) is 46.0 cm³/mol. The SMILES string of the molecule is Cc1[nH]ccc1C(=O)OC(C)C#N. The summed E-state index contributed by atoms with van der Waals surface area (Å²) in [6.45, 7) is 3.30. The van der Waals surface area contributed by atoms with E-state index < -0.39 is 12.1 Å². The summed E-state index contributed by atoms with van der Waals surface area (Å²) in [7, 11) is 0. The Balaban J connectivity index is 2.71. The van der Waals surface area contributed by atoms with E-state index in [0.29, 0.717) is 5.56 Å². The number of hydrogen-bond acceptors (Lipinski definition) is 3. The van der Waals surface area contributed by atoms with Crippen LogP contribution in [0.5, 0.6) is 0 Å². The molecule has 4 heteroatoms. The first-order valence-corrected chi connectivity index (χ1v) is 3.89. The molecule has 0 aliphatic rings. The second kappa shape index (κ2) is 3.76. The third-order valence-corrected chi connectivity index (χ3v) is 1.64. The molecule has 0 spiro atoms. The van der Waals surface area contributed by atoms with Gasteiger partial charge in [0, 0.05) is 11.9 Å². The molecule has 0 aliphatic heterocycles. The Hall–Kier alpha value is -1.76. The summed E-state index contributed by atoms with van der Waals surface area (Å²) in [6, 6.07) is 3.45. The summed E-state index contributed by atoms with van der Waals surface area (Å²) < 4.78 is 4.80. The Morgan fingerprint density at radius 1 is 1.77 bits per heavy atom. The number of nitriles is 1. The predicted octanol–water partition coefficient (Wildman–Crippen LogP) is 1.39. The lowest BCUT2D eigenvalue weighted by atomic mass is 10.2. The largest absolute Gasteiger partial charge is 0.444 e. The number of aryl methyl sites for hydroxylation is 1. The van der Waals surface area contributed by atoms with Crippen LogP contribution in [-0.4, -0.2) is 17.1 Å². The molecule has 0 saturated carbocycles. The molecule has 1 heterocycles. The van der Waals surface area contributed by atoms with Crippen molar-refractivity contribution in [1.29, 1.82) is 5.26 Å². The van der Waals surface area contributed by atoms with Crippen molar-refractivity contribution in [2.45, 2.75) is 20.0 Å². The van der Waals surface area contributed by atoms with Crippen LogP contribution >= 0.6 is 0 Å². The minimum Gasteiger partial charge on any atom is -0.444 e. The van der Waals surface area contributed by atoms with Gasteiger partial charge in [-0.3, -0.25) is 0 Å². The maximum absolute atomic E-state index is 11.3. The highest BCUT2D eigenvalue weighted by Crippen LogP contribution is 2.07. The molecule has 0 radical (unpaired) electrons. The van der Waals surface area contributed by atoms with Crippen LogP contribution in [0.1, 0.15) is 23.0 Å². The van der Waals surface area contributed by atoms with Gasteiger partial charge in [-0.1, -0.05) is 0 Å². The molecule has 1 N–H and O–H groups in total. The maximum Gasteiger partial charge on any atom is 0.341 e. The van der Waals surface area contributed by atoms with Crippen LogP contribution in [0.25, 0.3) is 0 Å². The van der Waals surface area contributed by atoms with Gasteiger partial charge in [0.05, 0.1) is 5.56 Å². The van der Waals surface area contributed by atoms with Gasteiger partial charge in [-0.25, -0.2) is 4.79 Å². The molecule has 1 atom stereocenters. The topological polar surface area (TPSA) is 65.9 Å². The third kappa shape index (κ3) is 2.09. The summed E-state index contributed by atoms with van der Waals surface area (Å²) in [5, 5.41) is 8.42. The third-order valence-electron chi connectivity index (χ3n) is 1.64. The molecule has 0 bridgehead atoms. The van der Waals surface area contributed by atoms with Crippen molar-refractivity contribution in [3.05, 3.63) is 23.5 Å². The molecule has 68 valence electrons. The van der Waals surface area contributed by atoms with Gasteiger partial charge >= 0.3 is 5.97 Å². The van der Waals surface area contributed by atoms with E-state index in [-0.39, 0.29) is 0 Å². The molecule has 1 aromatic rings. The second-order valence-corrected chi connectivity index (χ2v) is 2.69. The molecule has 13 heavy (non-hydrogen) atoms. The molecule has 0 amide bonds. The first-order valence-electron chi connectivity index (χ1n) is 3.89. The Morgan fingerprint density at radius 2 is 2.46 bits per heavy atom. The number of nitrogens with one attached hydrogen (secondary N) is 1. The normalized spacial score (nSPS) is 11.8. The Morgan fingerprint density at radius 3 is 2.92 bits per heavy atom. The van der Waals surface area contributed by atoms with Crippen molar-refractivity contribution >= 4 is 5.97 Å². The Labute approximate surface area is 76.1 Å². The van der Waals surface area contributed by atoms with Gasteiger partial charge in [0.25, 0.3) is 0 Å². The van der Waals surface area contributed by atoms with Crippen molar-refractivity contribution in [2.75, 3.05) is 0 Å². The monoisotopic (exact) mass is 178 g/mol. The zero-order chi connectivity index (χ0) is 9.84. The maximum atomic E-state index is 11.3. The molecule has 0 saturated heterocycles. The van der Waals surface area contributed by atoms with Crippen LogP contribution in [0.15, 0.2) is 12.3 Å². The van der Waals surface area contributed by atoms with E-state index in [0.717, 1.165) is 5.69 Å². The van der Waals surface area contributed by atoms with Crippen LogP contribution in [0, 0.1) is 18.3 Å². The van der Waals surface area contributed by atoms with E-state index in [4.69, 9.17) is 10.00 Å². The molecule has 0 aromatic carbocycles. The number of esters is 1. The number of aromatic nitrogens is 1. The number of carbonyl (C=O) groups excluding carboxylic acids is 1. The van der Waals surface area contributed by atoms with E-state index in [9.17, 15) is 4.79 Å². The van der Waals surface area contributed by atoms with Crippen LogP contribution in [0.3, 0.4) is 0 Å². The number of aromatic amines is 1. The minimum atomic E-state index is -0.707. The van der Waals surface area contributed by atoms with Gasteiger partial charge in [0.1, 0.15) is 6.07 Å². The lowest BCUT2D eigenvalue weighted by Gasteiger charge is -2.04. The van der Waals surface area contributed by atoms with Gasteiger partial charge in [-0.15, -0.1) is 0 Å². The van der Waals surface area contributed by atoms with Crippen molar-refractivity contribution < 1.29 is 9.53 Å². The highest BCUT2D eigenvalue weighted by atomic mass is 16.5. The molecular weight excluding hydrogens is 168 g/mol. The van der Waals surface area contributed by atoms with E-state index in [1.165, 1.54) is 6.92 Å². The van der Waals surface area contributed by atoms with Crippen LogP contribution in [0.2, 0.25) is 0 Å². The first-order chi connectivity index (χ1) is 6.15. The summed E-state index contributed by atoms with van der Waals surface area (Å²) >= 11 is 0. The fourth-order valence-corrected chi connectivity index (χ4v) is 0.924. The number of ether oxygens (including phenoxy) is 1. The van der Waals surface area contributed by atoms with E-state index in [1.54, 1.807) is 19.2 Å². The molecule has 1 aromatic heterocycles.